The van der Waals surface area contributed by atoms with Crippen molar-refractivity contribution in [2.75, 3.05) is 0 Å². The Morgan fingerprint density at radius 3 is 2.33 bits per heavy atom. The van der Waals surface area contributed by atoms with Gasteiger partial charge in [-0.15, -0.1) is 0 Å². The highest BCUT2D eigenvalue weighted by molar-refractivity contribution is 6.29. The first-order valence-electron chi connectivity index (χ1n) is 6.15. The summed E-state index contributed by atoms with van der Waals surface area (Å²) in [5.41, 5.74) is 3.23. The van der Waals surface area contributed by atoms with E-state index in [-0.39, 0.29) is 0 Å². The van der Waals surface area contributed by atoms with E-state index in [2.05, 4.69) is 48.1 Å². The van der Waals surface area contributed by atoms with Gasteiger partial charge in [0, 0.05) is 11.3 Å². The number of hydrogen-bond acceptors (Lipinski definition) is 2. The maximum Gasteiger partial charge on any atom is 0.161 e. The minimum absolute atomic E-state index is 0.490. The molecule has 1 aromatic heterocycles. The molecule has 0 atom stereocenters. The molecule has 0 amide bonds. The van der Waals surface area contributed by atoms with Crippen molar-refractivity contribution in [1.82, 2.24) is 9.97 Å². The SMILES string of the molecule is Cc1cc(Cl)nc(-c2ccc(CC(C)C)cc2)n1. The van der Waals surface area contributed by atoms with Crippen LogP contribution in [0, 0.1) is 12.8 Å². The van der Waals surface area contributed by atoms with Crippen LogP contribution in [0.4, 0.5) is 0 Å². The fourth-order valence-electron chi connectivity index (χ4n) is 1.92. The van der Waals surface area contributed by atoms with Gasteiger partial charge >= 0.3 is 0 Å². The largest absolute Gasteiger partial charge is 0.233 e. The summed E-state index contributed by atoms with van der Waals surface area (Å²) in [7, 11) is 0. The number of rotatable bonds is 3. The van der Waals surface area contributed by atoms with Crippen molar-refractivity contribution in [3.05, 3.63) is 46.7 Å². The van der Waals surface area contributed by atoms with E-state index in [4.69, 9.17) is 11.6 Å². The van der Waals surface area contributed by atoms with Gasteiger partial charge in [-0.25, -0.2) is 9.97 Å². The van der Waals surface area contributed by atoms with Crippen LogP contribution in [0.15, 0.2) is 30.3 Å². The summed E-state index contributed by atoms with van der Waals surface area (Å²) >= 11 is 5.95. The van der Waals surface area contributed by atoms with E-state index in [1.54, 1.807) is 6.07 Å². The van der Waals surface area contributed by atoms with Gasteiger partial charge < -0.3 is 0 Å². The van der Waals surface area contributed by atoms with E-state index in [9.17, 15) is 0 Å². The Hall–Kier alpha value is -1.41. The Morgan fingerprint density at radius 2 is 1.78 bits per heavy atom. The summed E-state index contributed by atoms with van der Waals surface area (Å²) < 4.78 is 0. The quantitative estimate of drug-likeness (QED) is 0.769. The predicted octanol–water partition coefficient (Wildman–Crippen LogP) is 4.30. The van der Waals surface area contributed by atoms with Crippen LogP contribution in [0.1, 0.15) is 25.1 Å². The maximum atomic E-state index is 5.95. The summed E-state index contributed by atoms with van der Waals surface area (Å²) in [6.07, 6.45) is 1.09. The minimum Gasteiger partial charge on any atom is -0.233 e. The molecule has 0 spiro atoms. The molecule has 0 bridgehead atoms. The lowest BCUT2D eigenvalue weighted by molar-refractivity contribution is 0.647. The molecule has 94 valence electrons. The predicted molar refractivity (Wildman–Crippen MR) is 75.8 cm³/mol. The summed E-state index contributed by atoms with van der Waals surface area (Å²) in [6.45, 7) is 6.36. The van der Waals surface area contributed by atoms with E-state index in [1.807, 2.05) is 6.92 Å². The van der Waals surface area contributed by atoms with Gasteiger partial charge in [0.25, 0.3) is 0 Å². The zero-order chi connectivity index (χ0) is 13.1. The standard InChI is InChI=1S/C15H17ClN2/c1-10(2)8-12-4-6-13(7-5-12)15-17-11(3)9-14(16)18-15/h4-7,9-10H,8H2,1-3H3. The Kier molecular flexibility index (Phi) is 3.97. The van der Waals surface area contributed by atoms with Gasteiger partial charge in [-0.05, 0) is 30.9 Å². The highest BCUT2D eigenvalue weighted by Crippen LogP contribution is 2.19. The highest BCUT2D eigenvalue weighted by Gasteiger charge is 2.04. The van der Waals surface area contributed by atoms with Crippen molar-refractivity contribution in [2.24, 2.45) is 5.92 Å². The molecule has 0 aliphatic carbocycles. The molecule has 0 saturated carbocycles. The molecule has 2 rings (SSSR count). The average molecular weight is 261 g/mol. The van der Waals surface area contributed by atoms with Crippen LogP contribution in [0.5, 0.6) is 0 Å². The number of aromatic nitrogens is 2. The molecule has 2 aromatic rings. The van der Waals surface area contributed by atoms with Crippen molar-refractivity contribution in [3.63, 3.8) is 0 Å². The van der Waals surface area contributed by atoms with Gasteiger partial charge in [0.1, 0.15) is 5.15 Å². The second-order valence-electron chi connectivity index (χ2n) is 4.95. The molecule has 18 heavy (non-hydrogen) atoms. The molecule has 2 nitrogen and oxygen atoms in total. The number of aryl methyl sites for hydroxylation is 1. The summed E-state index contributed by atoms with van der Waals surface area (Å²) in [6, 6.07) is 10.1. The first-order chi connectivity index (χ1) is 8.54. The molecule has 1 heterocycles. The van der Waals surface area contributed by atoms with Crippen LogP contribution in [0.3, 0.4) is 0 Å². The van der Waals surface area contributed by atoms with Crippen molar-refractivity contribution < 1.29 is 0 Å². The average Bonchev–Trinajstić information content (AvgIpc) is 2.27. The smallest absolute Gasteiger partial charge is 0.161 e. The number of hydrogen-bond donors (Lipinski definition) is 0. The van der Waals surface area contributed by atoms with Gasteiger partial charge in [0.15, 0.2) is 5.82 Å². The topological polar surface area (TPSA) is 25.8 Å². The van der Waals surface area contributed by atoms with Crippen LogP contribution < -0.4 is 0 Å². The van der Waals surface area contributed by atoms with E-state index in [0.717, 1.165) is 17.7 Å². The monoisotopic (exact) mass is 260 g/mol. The molecule has 0 N–H and O–H groups in total. The van der Waals surface area contributed by atoms with Crippen LogP contribution >= 0.6 is 11.6 Å². The molecule has 0 saturated heterocycles. The lowest BCUT2D eigenvalue weighted by Crippen LogP contribution is -1.95. The van der Waals surface area contributed by atoms with Gasteiger partial charge in [0.05, 0.1) is 0 Å². The van der Waals surface area contributed by atoms with Gasteiger partial charge in [-0.2, -0.15) is 0 Å². The first-order valence-corrected chi connectivity index (χ1v) is 6.53. The second-order valence-corrected chi connectivity index (χ2v) is 5.34. The molecule has 0 aliphatic heterocycles. The summed E-state index contributed by atoms with van der Waals surface area (Å²) in [5.74, 6) is 1.36. The normalized spacial score (nSPS) is 10.9. The van der Waals surface area contributed by atoms with Crippen LogP contribution in [0.25, 0.3) is 11.4 Å². The van der Waals surface area contributed by atoms with Gasteiger partial charge in [-0.1, -0.05) is 49.7 Å². The Bertz CT molecular complexity index is 512. The van der Waals surface area contributed by atoms with E-state index in [1.165, 1.54) is 5.56 Å². The van der Waals surface area contributed by atoms with Gasteiger partial charge in [-0.3, -0.25) is 0 Å². The number of nitrogens with zero attached hydrogens (tertiary/aromatic N) is 2. The fourth-order valence-corrected chi connectivity index (χ4v) is 2.16. The third-order valence-corrected chi connectivity index (χ3v) is 2.87. The minimum atomic E-state index is 0.490. The second kappa shape index (κ2) is 5.49. The third-order valence-electron chi connectivity index (χ3n) is 2.68. The van der Waals surface area contributed by atoms with Gasteiger partial charge in [0.2, 0.25) is 0 Å². The van der Waals surface area contributed by atoms with Crippen LogP contribution in [-0.4, -0.2) is 9.97 Å². The zero-order valence-electron chi connectivity index (χ0n) is 10.9. The number of halogens is 1. The van der Waals surface area contributed by atoms with Crippen molar-refractivity contribution in [2.45, 2.75) is 27.2 Å². The van der Waals surface area contributed by atoms with Crippen molar-refractivity contribution >= 4 is 11.6 Å². The van der Waals surface area contributed by atoms with Crippen LogP contribution in [0.2, 0.25) is 5.15 Å². The Labute approximate surface area is 113 Å². The molecule has 0 aliphatic rings. The van der Waals surface area contributed by atoms with Crippen molar-refractivity contribution in [1.29, 1.82) is 0 Å². The van der Waals surface area contributed by atoms with E-state index >= 15 is 0 Å². The molecule has 1 aromatic carbocycles. The highest BCUT2D eigenvalue weighted by atomic mass is 35.5. The lowest BCUT2D eigenvalue weighted by atomic mass is 10.0. The summed E-state index contributed by atoms with van der Waals surface area (Å²) in [5, 5.41) is 0.490. The zero-order valence-corrected chi connectivity index (χ0v) is 11.7. The van der Waals surface area contributed by atoms with E-state index < -0.39 is 0 Å². The van der Waals surface area contributed by atoms with E-state index in [0.29, 0.717) is 16.9 Å². The third kappa shape index (κ3) is 3.30. The molecule has 0 radical (unpaired) electrons. The summed E-state index contributed by atoms with van der Waals surface area (Å²) in [4.78, 5) is 8.65. The lowest BCUT2D eigenvalue weighted by Gasteiger charge is -2.06. The first kappa shape index (κ1) is 13.0. The molecule has 3 heteroatoms. The molecule has 0 unspecified atom stereocenters. The Morgan fingerprint density at radius 1 is 1.11 bits per heavy atom. The fraction of sp³-hybridized carbons (Fsp3) is 0.333. The molecular formula is C15H17ClN2. The Balaban J connectivity index is 2.28. The maximum absolute atomic E-state index is 5.95. The molecular weight excluding hydrogens is 244 g/mol. The number of benzene rings is 1. The molecule has 0 fully saturated rings. The van der Waals surface area contributed by atoms with Crippen LogP contribution in [-0.2, 0) is 6.42 Å². The van der Waals surface area contributed by atoms with Crippen molar-refractivity contribution in [3.8, 4) is 11.4 Å².